The van der Waals surface area contributed by atoms with Gasteiger partial charge in [-0.2, -0.15) is 0 Å². The summed E-state index contributed by atoms with van der Waals surface area (Å²) < 4.78 is 0. The van der Waals surface area contributed by atoms with Gasteiger partial charge in [-0.1, -0.05) is 30.3 Å². The van der Waals surface area contributed by atoms with Crippen LogP contribution in [0.4, 0.5) is 0 Å². The third kappa shape index (κ3) is 4.49. The van der Waals surface area contributed by atoms with Crippen LogP contribution < -0.4 is 16.4 Å². The minimum Gasteiger partial charge on any atom is -0.343 e. The van der Waals surface area contributed by atoms with E-state index in [9.17, 15) is 9.59 Å². The number of carbonyl (C=O) groups is 2. The molecule has 0 bridgehead atoms. The summed E-state index contributed by atoms with van der Waals surface area (Å²) >= 11 is 1.62. The van der Waals surface area contributed by atoms with Gasteiger partial charge in [0.1, 0.15) is 17.1 Å². The summed E-state index contributed by atoms with van der Waals surface area (Å²) in [5.74, 6) is 0.00351. The zero-order valence-electron chi connectivity index (χ0n) is 16.3. The number of nitrogens with zero attached hydrogens (tertiary/aromatic N) is 2. The van der Waals surface area contributed by atoms with Crippen molar-refractivity contribution in [3.63, 3.8) is 0 Å². The number of benzene rings is 1. The van der Waals surface area contributed by atoms with Gasteiger partial charge in [-0.05, 0) is 32.2 Å². The molecule has 2 fully saturated rings. The second-order valence-corrected chi connectivity index (χ2v) is 8.60. The monoisotopic (exact) mass is 413 g/mol. The molecule has 2 aromatic rings. The third-order valence-corrected chi connectivity index (χ3v) is 6.46. The van der Waals surface area contributed by atoms with Crippen molar-refractivity contribution in [1.29, 1.82) is 0 Å². The number of fused-ring (bicyclic) bond motifs is 1. The maximum atomic E-state index is 12.8. The summed E-state index contributed by atoms with van der Waals surface area (Å²) in [7, 11) is 0. The molecule has 8 heteroatoms. The molecule has 4 N–H and O–H groups in total. The van der Waals surface area contributed by atoms with Crippen LogP contribution in [0.2, 0.25) is 0 Å². The summed E-state index contributed by atoms with van der Waals surface area (Å²) in [6.07, 6.45) is 3.02. The lowest BCUT2D eigenvalue weighted by Gasteiger charge is -2.34. The number of carbonyl (C=O) groups excluding carboxylic acids is 2. The van der Waals surface area contributed by atoms with E-state index in [1.165, 1.54) is 0 Å². The van der Waals surface area contributed by atoms with Crippen molar-refractivity contribution in [2.75, 3.05) is 13.1 Å². The lowest BCUT2D eigenvalue weighted by Crippen LogP contribution is -2.61. The van der Waals surface area contributed by atoms with Gasteiger partial charge in [0, 0.05) is 30.1 Å². The molecule has 1 aromatic carbocycles. The highest BCUT2D eigenvalue weighted by Gasteiger charge is 2.45. The van der Waals surface area contributed by atoms with E-state index in [0.717, 1.165) is 29.1 Å². The Hall–Kier alpha value is -2.29. The first kappa shape index (κ1) is 20.0. The molecule has 7 nitrogen and oxygen atoms in total. The number of piperazine rings is 1. The number of hydrogen-bond acceptors (Lipinski definition) is 6. The number of rotatable bonds is 8. The molecular weight excluding hydrogens is 386 g/mol. The van der Waals surface area contributed by atoms with E-state index in [0.29, 0.717) is 32.5 Å². The van der Waals surface area contributed by atoms with E-state index in [1.54, 1.807) is 16.2 Å². The van der Waals surface area contributed by atoms with Gasteiger partial charge in [-0.3, -0.25) is 9.59 Å². The van der Waals surface area contributed by atoms with Gasteiger partial charge in [0.15, 0.2) is 0 Å². The van der Waals surface area contributed by atoms with Crippen LogP contribution in [-0.2, 0) is 16.1 Å². The number of amides is 2. The van der Waals surface area contributed by atoms with Crippen molar-refractivity contribution < 1.29 is 9.59 Å². The largest absolute Gasteiger partial charge is 0.343 e. The summed E-state index contributed by atoms with van der Waals surface area (Å²) in [4.78, 5) is 31.7. The van der Waals surface area contributed by atoms with Crippen LogP contribution in [0.1, 0.15) is 30.7 Å². The van der Waals surface area contributed by atoms with Crippen molar-refractivity contribution in [2.24, 2.45) is 5.73 Å². The maximum absolute atomic E-state index is 12.8. The van der Waals surface area contributed by atoms with Gasteiger partial charge in [-0.15, -0.1) is 11.3 Å². The van der Waals surface area contributed by atoms with E-state index >= 15 is 0 Å². The number of nitrogens with one attached hydrogen (secondary N) is 2. The molecule has 2 aliphatic heterocycles. The van der Waals surface area contributed by atoms with E-state index in [-0.39, 0.29) is 23.9 Å². The normalized spacial score (nSPS) is 23.9. The van der Waals surface area contributed by atoms with Gasteiger partial charge >= 0.3 is 0 Å². The Kier molecular flexibility index (Phi) is 6.22. The molecule has 2 saturated heterocycles. The first-order chi connectivity index (χ1) is 14.2. The summed E-state index contributed by atoms with van der Waals surface area (Å²) in [6.45, 7) is 1.82. The number of unbranched alkanes of at least 4 members (excludes halogenated alkanes) is 1. The highest BCUT2D eigenvalue weighted by molar-refractivity contribution is 7.09. The third-order valence-electron chi connectivity index (χ3n) is 5.61. The molecule has 0 spiro atoms. The highest BCUT2D eigenvalue weighted by atomic mass is 32.1. The predicted molar refractivity (Wildman–Crippen MR) is 113 cm³/mol. The molecule has 0 aliphatic carbocycles. The van der Waals surface area contributed by atoms with Crippen LogP contribution in [0.5, 0.6) is 0 Å². The number of nitrogens with two attached hydrogens (primary N) is 1. The fraction of sp³-hybridized carbons (Fsp3) is 0.476. The standard InChI is InChI=1S/C21H27N5O2S/c22-9-5-4-8-16-21(28)26-12-15(10-18(26)20(27)25-16)23-11-19-24-17(13-29-19)14-6-2-1-3-7-14/h1-3,6-7,13,15-16,18,23H,4-5,8-12,22H2,(H,25,27)/t15-,16-,18-/m0/s1. The van der Waals surface area contributed by atoms with Crippen LogP contribution in [0, 0.1) is 0 Å². The molecule has 29 heavy (non-hydrogen) atoms. The molecule has 0 radical (unpaired) electrons. The molecule has 1 aromatic heterocycles. The maximum Gasteiger partial charge on any atom is 0.245 e. The molecule has 154 valence electrons. The SMILES string of the molecule is NCCCC[C@@H]1NC(=O)[C@@H]2C[C@H](NCc3nc(-c4ccccc4)cs3)CN2C1=O. The molecular formula is C21H27N5O2S. The van der Waals surface area contributed by atoms with Gasteiger partial charge in [-0.25, -0.2) is 4.98 Å². The number of aromatic nitrogens is 1. The second-order valence-electron chi connectivity index (χ2n) is 7.66. The zero-order chi connectivity index (χ0) is 20.2. The molecule has 2 amide bonds. The Morgan fingerprint density at radius 1 is 1.24 bits per heavy atom. The minimum atomic E-state index is -0.406. The summed E-state index contributed by atoms with van der Waals surface area (Å²) in [5.41, 5.74) is 7.62. The Morgan fingerprint density at radius 3 is 2.86 bits per heavy atom. The fourth-order valence-corrected chi connectivity index (χ4v) is 4.81. The quantitative estimate of drug-likeness (QED) is 0.570. The van der Waals surface area contributed by atoms with E-state index in [1.807, 2.05) is 18.2 Å². The van der Waals surface area contributed by atoms with Crippen molar-refractivity contribution >= 4 is 23.2 Å². The first-order valence-electron chi connectivity index (χ1n) is 10.2. The number of hydrogen-bond donors (Lipinski definition) is 3. The lowest BCUT2D eigenvalue weighted by molar-refractivity contribution is -0.147. The Morgan fingerprint density at radius 2 is 2.07 bits per heavy atom. The van der Waals surface area contributed by atoms with Gasteiger partial charge in [0.2, 0.25) is 11.8 Å². The molecule has 4 rings (SSSR count). The lowest BCUT2D eigenvalue weighted by atomic mass is 10.0. The zero-order valence-corrected chi connectivity index (χ0v) is 17.2. The topological polar surface area (TPSA) is 100 Å². The number of thiazole rings is 1. The highest BCUT2D eigenvalue weighted by Crippen LogP contribution is 2.25. The smallest absolute Gasteiger partial charge is 0.245 e. The van der Waals surface area contributed by atoms with Gasteiger partial charge < -0.3 is 21.3 Å². The van der Waals surface area contributed by atoms with E-state index < -0.39 is 6.04 Å². The van der Waals surface area contributed by atoms with E-state index in [4.69, 9.17) is 10.7 Å². The Balaban J connectivity index is 1.32. The van der Waals surface area contributed by atoms with Crippen LogP contribution in [-0.4, -0.2) is 52.9 Å². The fourth-order valence-electron chi connectivity index (χ4n) is 4.06. The average molecular weight is 414 g/mol. The van der Waals surface area contributed by atoms with Crippen molar-refractivity contribution in [1.82, 2.24) is 20.5 Å². The Bertz CT molecular complexity index is 856. The first-order valence-corrected chi connectivity index (χ1v) is 11.1. The second kappa shape index (κ2) is 9.02. The van der Waals surface area contributed by atoms with Crippen LogP contribution in [0.15, 0.2) is 35.7 Å². The predicted octanol–water partition coefficient (Wildman–Crippen LogP) is 1.50. The van der Waals surface area contributed by atoms with Crippen LogP contribution >= 0.6 is 11.3 Å². The molecule has 0 unspecified atom stereocenters. The molecule has 2 aliphatic rings. The van der Waals surface area contributed by atoms with Gasteiger partial charge in [0.05, 0.1) is 5.69 Å². The van der Waals surface area contributed by atoms with Crippen LogP contribution in [0.25, 0.3) is 11.3 Å². The minimum absolute atomic E-state index is 0.0349. The van der Waals surface area contributed by atoms with Crippen molar-refractivity contribution in [2.45, 2.75) is 50.4 Å². The van der Waals surface area contributed by atoms with Crippen LogP contribution in [0.3, 0.4) is 0 Å². The van der Waals surface area contributed by atoms with E-state index in [2.05, 4.69) is 28.1 Å². The van der Waals surface area contributed by atoms with Gasteiger partial charge in [0.25, 0.3) is 0 Å². The Labute approximate surface area is 174 Å². The molecule has 3 atom stereocenters. The molecule has 3 heterocycles. The summed E-state index contributed by atoms with van der Waals surface area (Å²) in [6, 6.07) is 9.44. The van der Waals surface area contributed by atoms with Crippen molar-refractivity contribution in [3.05, 3.63) is 40.7 Å². The van der Waals surface area contributed by atoms with Crippen molar-refractivity contribution in [3.8, 4) is 11.3 Å². The average Bonchev–Trinajstić information content (AvgIpc) is 3.38. The summed E-state index contributed by atoms with van der Waals surface area (Å²) in [5, 5.41) is 9.45. The molecule has 0 saturated carbocycles.